The van der Waals surface area contributed by atoms with Gasteiger partial charge in [0.15, 0.2) is 6.10 Å². The molecule has 0 bridgehead atoms. The lowest BCUT2D eigenvalue weighted by atomic mass is 10.1. The van der Waals surface area contributed by atoms with Gasteiger partial charge in [-0.2, -0.15) is 31.3 Å². The second-order valence-electron chi connectivity index (χ2n) is 7.11. The van der Waals surface area contributed by atoms with E-state index in [0.717, 1.165) is 12.1 Å². The zero-order valence-corrected chi connectivity index (χ0v) is 17.5. The van der Waals surface area contributed by atoms with Gasteiger partial charge in [-0.1, -0.05) is 16.8 Å². The number of halogens is 7. The van der Waals surface area contributed by atoms with Gasteiger partial charge in [0, 0.05) is 11.1 Å². The monoisotopic (exact) mass is 490 g/mol. The van der Waals surface area contributed by atoms with E-state index in [0.29, 0.717) is 40.4 Å². The van der Waals surface area contributed by atoms with E-state index in [1.54, 1.807) is 13.0 Å². The predicted octanol–water partition coefficient (Wildman–Crippen LogP) is 6.59. The SMILES string of the molecule is Cc1nc2c(Cl)cc(-c3noc(-c4ccc(OC(C)C(F)(F)F)c(C(F)(F)F)c4)n3)cc2[nH]1. The van der Waals surface area contributed by atoms with E-state index in [9.17, 15) is 26.3 Å². The van der Waals surface area contributed by atoms with Crippen molar-refractivity contribution in [3.8, 4) is 28.6 Å². The van der Waals surface area contributed by atoms with Crippen molar-refractivity contribution in [3.63, 3.8) is 0 Å². The van der Waals surface area contributed by atoms with E-state index in [2.05, 4.69) is 24.8 Å². The molecule has 174 valence electrons. The van der Waals surface area contributed by atoms with Gasteiger partial charge in [0.2, 0.25) is 5.82 Å². The Hall–Kier alpha value is -3.28. The Balaban J connectivity index is 1.71. The lowest BCUT2D eigenvalue weighted by Gasteiger charge is -2.20. The van der Waals surface area contributed by atoms with Gasteiger partial charge in [-0.25, -0.2) is 4.98 Å². The van der Waals surface area contributed by atoms with Crippen LogP contribution in [0.3, 0.4) is 0 Å². The van der Waals surface area contributed by atoms with Crippen LogP contribution in [0, 0.1) is 6.92 Å². The van der Waals surface area contributed by atoms with Crippen LogP contribution in [0.1, 0.15) is 18.3 Å². The Morgan fingerprint density at radius 3 is 2.42 bits per heavy atom. The topological polar surface area (TPSA) is 76.8 Å². The van der Waals surface area contributed by atoms with Crippen LogP contribution in [-0.2, 0) is 6.18 Å². The molecular weight excluding hydrogens is 478 g/mol. The molecule has 13 heteroatoms. The number of nitrogens with one attached hydrogen (secondary N) is 1. The molecule has 1 unspecified atom stereocenters. The molecule has 2 aromatic carbocycles. The first-order chi connectivity index (χ1) is 15.3. The Bertz CT molecular complexity index is 1330. The highest BCUT2D eigenvalue weighted by molar-refractivity contribution is 6.35. The fourth-order valence-corrected chi connectivity index (χ4v) is 3.29. The summed E-state index contributed by atoms with van der Waals surface area (Å²) in [4.78, 5) is 11.3. The molecule has 2 aromatic heterocycles. The van der Waals surface area contributed by atoms with Crippen molar-refractivity contribution < 1.29 is 35.6 Å². The summed E-state index contributed by atoms with van der Waals surface area (Å²) in [5.74, 6) is -0.578. The van der Waals surface area contributed by atoms with Crippen LogP contribution in [0.4, 0.5) is 26.3 Å². The molecule has 0 amide bonds. The molecular formula is C20H13ClF6N4O2. The maximum absolute atomic E-state index is 13.5. The Kier molecular flexibility index (Phi) is 5.51. The van der Waals surface area contributed by atoms with Gasteiger partial charge in [0.25, 0.3) is 5.89 Å². The fourth-order valence-electron chi connectivity index (χ4n) is 3.03. The second-order valence-corrected chi connectivity index (χ2v) is 7.52. The minimum Gasteiger partial charge on any atom is -0.481 e. The van der Waals surface area contributed by atoms with E-state index < -0.39 is 29.8 Å². The average Bonchev–Trinajstić information content (AvgIpc) is 3.33. The zero-order chi connectivity index (χ0) is 24.1. The highest BCUT2D eigenvalue weighted by Crippen LogP contribution is 2.40. The van der Waals surface area contributed by atoms with Crippen LogP contribution >= 0.6 is 11.6 Å². The molecule has 0 radical (unpaired) electrons. The minimum absolute atomic E-state index is 0.0423. The van der Waals surface area contributed by atoms with Gasteiger partial charge in [-0.3, -0.25) is 0 Å². The number of aryl methyl sites for hydroxylation is 1. The number of fused-ring (bicyclic) bond motifs is 1. The van der Waals surface area contributed by atoms with Crippen LogP contribution in [0.25, 0.3) is 33.9 Å². The first-order valence-electron chi connectivity index (χ1n) is 9.28. The molecule has 0 fully saturated rings. The summed E-state index contributed by atoms with van der Waals surface area (Å²) in [6.07, 6.45) is -12.3. The number of aromatic nitrogens is 4. The lowest BCUT2D eigenvalue weighted by Crippen LogP contribution is -2.31. The number of aromatic amines is 1. The fraction of sp³-hybridized carbons (Fsp3) is 0.250. The molecule has 0 saturated heterocycles. The minimum atomic E-state index is -4.99. The van der Waals surface area contributed by atoms with Crippen LogP contribution in [-0.4, -0.2) is 32.4 Å². The summed E-state index contributed by atoms with van der Waals surface area (Å²) in [7, 11) is 0. The van der Waals surface area contributed by atoms with Gasteiger partial charge in [-0.15, -0.1) is 0 Å². The van der Waals surface area contributed by atoms with Crippen molar-refractivity contribution in [2.75, 3.05) is 0 Å². The summed E-state index contributed by atoms with van der Waals surface area (Å²) < 4.78 is 88.4. The van der Waals surface area contributed by atoms with Crippen LogP contribution in [0.2, 0.25) is 5.02 Å². The quantitative estimate of drug-likeness (QED) is 0.327. The van der Waals surface area contributed by atoms with Crippen LogP contribution < -0.4 is 4.74 Å². The molecule has 0 saturated carbocycles. The Morgan fingerprint density at radius 2 is 1.76 bits per heavy atom. The number of ether oxygens (including phenoxy) is 1. The molecule has 2 heterocycles. The largest absolute Gasteiger partial charge is 0.481 e. The second kappa shape index (κ2) is 7.94. The molecule has 1 atom stereocenters. The van der Waals surface area contributed by atoms with E-state index in [4.69, 9.17) is 16.1 Å². The van der Waals surface area contributed by atoms with Gasteiger partial charge in [-0.05, 0) is 44.2 Å². The van der Waals surface area contributed by atoms with Crippen molar-refractivity contribution in [2.45, 2.75) is 32.3 Å². The van der Waals surface area contributed by atoms with Crippen LogP contribution in [0.5, 0.6) is 5.75 Å². The normalized spacial score (nSPS) is 13.5. The van der Waals surface area contributed by atoms with Gasteiger partial charge in [0.1, 0.15) is 17.1 Å². The highest BCUT2D eigenvalue weighted by Gasteiger charge is 2.41. The molecule has 4 aromatic rings. The van der Waals surface area contributed by atoms with Crippen molar-refractivity contribution >= 4 is 22.6 Å². The van der Waals surface area contributed by atoms with E-state index in [1.165, 1.54) is 6.07 Å². The first-order valence-corrected chi connectivity index (χ1v) is 9.65. The van der Waals surface area contributed by atoms with E-state index in [-0.39, 0.29) is 17.3 Å². The number of alkyl halides is 6. The number of imidazole rings is 1. The number of hydrogen-bond donors (Lipinski definition) is 1. The number of rotatable bonds is 4. The van der Waals surface area contributed by atoms with E-state index >= 15 is 0 Å². The number of H-pyrrole nitrogens is 1. The Labute approximate surface area is 186 Å². The number of benzene rings is 2. The van der Waals surface area contributed by atoms with Gasteiger partial charge < -0.3 is 14.2 Å². The van der Waals surface area contributed by atoms with Gasteiger partial charge in [0.05, 0.1) is 16.1 Å². The van der Waals surface area contributed by atoms with E-state index in [1.807, 2.05) is 0 Å². The number of nitrogens with zero attached hydrogens (tertiary/aromatic N) is 3. The van der Waals surface area contributed by atoms with Crippen molar-refractivity contribution in [2.24, 2.45) is 0 Å². The van der Waals surface area contributed by atoms with Crippen molar-refractivity contribution in [3.05, 3.63) is 46.7 Å². The molecule has 1 N–H and O–H groups in total. The maximum Gasteiger partial charge on any atom is 0.425 e. The highest BCUT2D eigenvalue weighted by atomic mass is 35.5. The molecule has 0 spiro atoms. The predicted molar refractivity (Wildman–Crippen MR) is 106 cm³/mol. The van der Waals surface area contributed by atoms with Crippen molar-refractivity contribution in [1.82, 2.24) is 20.1 Å². The maximum atomic E-state index is 13.5. The third-order valence-electron chi connectivity index (χ3n) is 4.64. The van der Waals surface area contributed by atoms with Gasteiger partial charge >= 0.3 is 12.4 Å². The summed E-state index contributed by atoms with van der Waals surface area (Å²) in [5.41, 5.74) is -0.0202. The molecule has 0 aliphatic heterocycles. The average molecular weight is 491 g/mol. The van der Waals surface area contributed by atoms with Crippen LogP contribution in [0.15, 0.2) is 34.9 Å². The third kappa shape index (κ3) is 4.61. The third-order valence-corrected chi connectivity index (χ3v) is 4.93. The first kappa shape index (κ1) is 22.9. The lowest BCUT2D eigenvalue weighted by molar-refractivity contribution is -0.191. The zero-order valence-electron chi connectivity index (χ0n) is 16.8. The molecule has 0 aliphatic carbocycles. The Morgan fingerprint density at radius 1 is 1.03 bits per heavy atom. The van der Waals surface area contributed by atoms with Crippen molar-refractivity contribution in [1.29, 1.82) is 0 Å². The molecule has 0 aliphatic rings. The molecule has 33 heavy (non-hydrogen) atoms. The summed E-state index contributed by atoms with van der Waals surface area (Å²) in [6, 6.07) is 5.63. The summed E-state index contributed by atoms with van der Waals surface area (Å²) >= 11 is 6.22. The summed E-state index contributed by atoms with van der Waals surface area (Å²) in [5, 5.41) is 4.08. The smallest absolute Gasteiger partial charge is 0.425 e. The standard InChI is InChI=1S/C20H13ClF6N4O2/c1-8(19(22,23)24)32-15-4-3-10(5-12(15)20(25,26)27)18-30-17(31-33-18)11-6-13(21)16-14(7-11)28-9(2)29-16/h3-8H,1-2H3,(H,28,29). The molecule has 4 rings (SSSR count). The molecule has 6 nitrogen and oxygen atoms in total. The number of hydrogen-bond acceptors (Lipinski definition) is 5. The summed E-state index contributed by atoms with van der Waals surface area (Å²) in [6.45, 7) is 2.35.